The zero-order valence-electron chi connectivity index (χ0n) is 39.7. The highest BCUT2D eigenvalue weighted by molar-refractivity contribution is 6.29. The third kappa shape index (κ3) is 13.3. The van der Waals surface area contributed by atoms with Gasteiger partial charge in [-0.2, -0.15) is 5.10 Å². The molecule has 4 aromatic rings. The van der Waals surface area contributed by atoms with E-state index in [9.17, 15) is 28.0 Å². The van der Waals surface area contributed by atoms with Crippen LogP contribution >= 0.6 is 11.6 Å². The molecule has 0 spiro atoms. The number of aryl methyl sites for hydroxylation is 1. The summed E-state index contributed by atoms with van der Waals surface area (Å²) in [5.74, 6) is 0.870. The van der Waals surface area contributed by atoms with Crippen LogP contribution in [-0.2, 0) is 20.7 Å². The third-order valence-electron chi connectivity index (χ3n) is 12.6. The average molecular weight is 965 g/mol. The van der Waals surface area contributed by atoms with Gasteiger partial charge in [0, 0.05) is 56.9 Å². The standard InChI is InChI=1S/C49H64ClF2N9O7/c1-49(2,3)68-48(65)60(28-33-11-12-33)41-25-35(19-21-53-41)46-55-38(30-67-46)47(64)58(5)40-29-61(56-44(40)45(51)52)36-15-13-32(14-16-36)27-57(4)22-8-6-7-20-54-42(62)31-66-37-17-18-39-34(24-37)10-9-23-59(39)43(63)26-50/h17-19,21,24-25,29-30,32-33,36,45H,6-16,20,22-23,26-28,31H2,1-5H3,(H,54,62). The van der Waals surface area contributed by atoms with Gasteiger partial charge in [0.25, 0.3) is 18.2 Å². The topological polar surface area (TPSA) is 168 Å². The molecule has 2 saturated carbocycles. The van der Waals surface area contributed by atoms with Crippen LogP contribution in [0.5, 0.6) is 5.75 Å². The maximum atomic E-state index is 14.4. The van der Waals surface area contributed by atoms with E-state index in [1.54, 1.807) is 48.6 Å². The summed E-state index contributed by atoms with van der Waals surface area (Å²) in [6, 6.07) is 8.74. The van der Waals surface area contributed by atoms with Gasteiger partial charge in [0.15, 0.2) is 18.0 Å². The molecule has 16 nitrogen and oxygen atoms in total. The summed E-state index contributed by atoms with van der Waals surface area (Å²) in [7, 11) is 3.54. The number of alkyl halides is 3. The Bertz CT molecular complexity index is 2380. The van der Waals surface area contributed by atoms with Crippen LogP contribution in [0.1, 0.15) is 119 Å². The van der Waals surface area contributed by atoms with Crippen molar-refractivity contribution in [2.24, 2.45) is 11.8 Å². The lowest BCUT2D eigenvalue weighted by Gasteiger charge is -2.31. The molecule has 4 heterocycles. The molecule has 0 radical (unpaired) electrons. The predicted octanol–water partition coefficient (Wildman–Crippen LogP) is 8.85. The smallest absolute Gasteiger partial charge is 0.416 e. The second-order valence-corrected chi connectivity index (χ2v) is 19.5. The number of hydrogen-bond acceptors (Lipinski definition) is 11. The molecule has 2 aliphatic carbocycles. The summed E-state index contributed by atoms with van der Waals surface area (Å²) in [6.07, 6.45) is 10.7. The first-order valence-electron chi connectivity index (χ1n) is 23.7. The summed E-state index contributed by atoms with van der Waals surface area (Å²) in [5, 5.41) is 7.24. The molecule has 0 saturated heterocycles. The fourth-order valence-electron chi connectivity index (χ4n) is 8.85. The second kappa shape index (κ2) is 22.7. The van der Waals surface area contributed by atoms with Crippen LogP contribution in [0.2, 0.25) is 0 Å². The van der Waals surface area contributed by atoms with Crippen LogP contribution in [0.15, 0.2) is 53.4 Å². The first-order chi connectivity index (χ1) is 32.6. The maximum Gasteiger partial charge on any atom is 0.416 e. The van der Waals surface area contributed by atoms with Crippen LogP contribution in [0, 0.1) is 11.8 Å². The number of amides is 4. The highest BCUT2D eigenvalue weighted by atomic mass is 35.5. The zero-order valence-corrected chi connectivity index (χ0v) is 40.5. The van der Waals surface area contributed by atoms with Gasteiger partial charge in [-0.05, 0) is 146 Å². The number of anilines is 3. The molecule has 19 heteroatoms. The molecule has 1 aromatic carbocycles. The molecule has 3 aromatic heterocycles. The van der Waals surface area contributed by atoms with Crippen LogP contribution < -0.4 is 24.8 Å². The van der Waals surface area contributed by atoms with Crippen LogP contribution in [0.3, 0.4) is 0 Å². The van der Waals surface area contributed by atoms with E-state index in [1.807, 2.05) is 12.1 Å². The summed E-state index contributed by atoms with van der Waals surface area (Å²) in [4.78, 5) is 67.0. The van der Waals surface area contributed by atoms with Crippen molar-refractivity contribution in [3.63, 3.8) is 0 Å². The molecule has 3 aliphatic rings. The molecule has 1 N–H and O–H groups in total. The molecular weight excluding hydrogens is 900 g/mol. The summed E-state index contributed by atoms with van der Waals surface area (Å²) in [6.45, 7) is 8.83. The zero-order chi connectivity index (χ0) is 48.5. The van der Waals surface area contributed by atoms with E-state index >= 15 is 0 Å². The first kappa shape index (κ1) is 50.3. The fraction of sp³-hybridized carbons (Fsp3) is 0.571. The van der Waals surface area contributed by atoms with Gasteiger partial charge in [0.05, 0.1) is 11.7 Å². The molecule has 0 atom stereocenters. The van der Waals surface area contributed by atoms with Gasteiger partial charge in [-0.1, -0.05) is 6.42 Å². The van der Waals surface area contributed by atoms with Gasteiger partial charge in [-0.15, -0.1) is 11.6 Å². The van der Waals surface area contributed by atoms with Crippen molar-refractivity contribution in [1.29, 1.82) is 0 Å². The molecule has 7 rings (SSSR count). The van der Waals surface area contributed by atoms with E-state index in [4.69, 9.17) is 25.5 Å². The Hall–Kier alpha value is -5.62. The quantitative estimate of drug-likeness (QED) is 0.0664. The number of aromatic nitrogens is 4. The van der Waals surface area contributed by atoms with Gasteiger partial charge in [0.2, 0.25) is 11.8 Å². The number of unbranched alkanes of at least 4 members (excludes halogenated alkanes) is 2. The Morgan fingerprint density at radius 3 is 2.46 bits per heavy atom. The minimum absolute atomic E-state index is 0.00448. The van der Waals surface area contributed by atoms with Gasteiger partial charge in [0.1, 0.15) is 29.3 Å². The van der Waals surface area contributed by atoms with E-state index in [0.29, 0.717) is 48.6 Å². The van der Waals surface area contributed by atoms with Crippen molar-refractivity contribution < 1.29 is 41.8 Å². The highest BCUT2D eigenvalue weighted by Gasteiger charge is 2.33. The van der Waals surface area contributed by atoms with Gasteiger partial charge >= 0.3 is 6.09 Å². The van der Waals surface area contributed by atoms with Crippen molar-refractivity contribution >= 4 is 52.6 Å². The molecule has 0 bridgehead atoms. The van der Waals surface area contributed by atoms with E-state index in [1.165, 1.54) is 30.6 Å². The molecule has 368 valence electrons. The lowest BCUT2D eigenvalue weighted by molar-refractivity contribution is -0.123. The molecular formula is C49H64ClF2N9O7. The number of fused-ring (bicyclic) bond motifs is 1. The van der Waals surface area contributed by atoms with Gasteiger partial charge in [-0.25, -0.2) is 23.5 Å². The number of nitrogens with zero attached hydrogens (tertiary/aromatic N) is 8. The number of pyridine rings is 1. The minimum atomic E-state index is -2.90. The number of rotatable bonds is 20. The highest BCUT2D eigenvalue weighted by Crippen LogP contribution is 2.37. The van der Waals surface area contributed by atoms with Crippen LogP contribution in [0.4, 0.5) is 30.8 Å². The van der Waals surface area contributed by atoms with E-state index in [2.05, 4.69) is 32.3 Å². The van der Waals surface area contributed by atoms with Crippen molar-refractivity contribution in [3.05, 3.63) is 65.9 Å². The molecule has 0 unspecified atom stereocenters. The third-order valence-corrected chi connectivity index (χ3v) is 12.8. The second-order valence-electron chi connectivity index (χ2n) is 19.2. The Morgan fingerprint density at radius 2 is 1.74 bits per heavy atom. The van der Waals surface area contributed by atoms with Crippen molar-refractivity contribution in [2.45, 2.75) is 109 Å². The number of carbonyl (C=O) groups is 4. The number of hydrogen-bond donors (Lipinski definition) is 1. The molecule has 4 amide bonds. The lowest BCUT2D eigenvalue weighted by atomic mass is 9.86. The number of halogens is 3. The maximum absolute atomic E-state index is 14.4. The molecule has 1 aliphatic heterocycles. The van der Waals surface area contributed by atoms with Crippen LogP contribution in [0.25, 0.3) is 11.5 Å². The van der Waals surface area contributed by atoms with E-state index < -0.39 is 29.7 Å². The average Bonchev–Trinajstić information content (AvgIpc) is 3.80. The fourth-order valence-corrected chi connectivity index (χ4v) is 8.99. The number of benzene rings is 1. The Balaban J connectivity index is 0.830. The van der Waals surface area contributed by atoms with E-state index in [0.717, 1.165) is 99.9 Å². The van der Waals surface area contributed by atoms with Crippen molar-refractivity contribution in [2.75, 3.05) is 74.0 Å². The van der Waals surface area contributed by atoms with Crippen molar-refractivity contribution in [1.82, 2.24) is 30.0 Å². The lowest BCUT2D eigenvalue weighted by Crippen LogP contribution is -2.38. The largest absolute Gasteiger partial charge is 0.484 e. The number of nitrogens with one attached hydrogen (secondary N) is 1. The monoisotopic (exact) mass is 963 g/mol. The minimum Gasteiger partial charge on any atom is -0.484 e. The Kier molecular flexibility index (Phi) is 16.7. The SMILES string of the molecule is CN(CCCCCNC(=O)COc1ccc2c(c1)CCCN2C(=O)CCl)CC1CCC(n2cc(N(C)C(=O)c3coc(-c4ccnc(N(CC5CC5)C(=O)OC(C)(C)C)c4)n3)c(C(F)F)n2)CC1. The molecule has 68 heavy (non-hydrogen) atoms. The van der Waals surface area contributed by atoms with E-state index in [-0.39, 0.29) is 47.6 Å². The van der Waals surface area contributed by atoms with Gasteiger partial charge in [-0.3, -0.25) is 24.0 Å². The first-order valence-corrected chi connectivity index (χ1v) is 24.2. The van der Waals surface area contributed by atoms with Crippen LogP contribution in [-0.4, -0.2) is 113 Å². The van der Waals surface area contributed by atoms with Crippen molar-refractivity contribution in [3.8, 4) is 17.2 Å². The Morgan fingerprint density at radius 1 is 0.985 bits per heavy atom. The number of ether oxygens (including phenoxy) is 2. The number of oxazole rings is 1. The number of carbonyl (C=O) groups excluding carboxylic acids is 4. The summed E-state index contributed by atoms with van der Waals surface area (Å²) < 4.78 is 47.6. The summed E-state index contributed by atoms with van der Waals surface area (Å²) in [5.41, 5.74) is 1.09. The Labute approximate surface area is 401 Å². The normalized spacial score (nSPS) is 17.2. The molecule has 2 fully saturated rings. The predicted molar refractivity (Wildman–Crippen MR) is 255 cm³/mol. The van der Waals surface area contributed by atoms with Gasteiger partial charge < -0.3 is 33.9 Å². The summed E-state index contributed by atoms with van der Waals surface area (Å²) >= 11 is 5.78.